The molecule has 0 fully saturated rings. The molecule has 0 aliphatic rings. The molecule has 3 heteroatoms. The van der Waals surface area contributed by atoms with Gasteiger partial charge in [0.15, 0.2) is 0 Å². The minimum absolute atomic E-state index is 0.148. The molecule has 0 radical (unpaired) electrons. The summed E-state index contributed by atoms with van der Waals surface area (Å²) in [6, 6.07) is 38.3. The molecule has 5 aromatic rings. The zero-order valence-electron chi connectivity index (χ0n) is 19.1. The monoisotopic (exact) mass is 455 g/mol. The van der Waals surface area contributed by atoms with Crippen molar-refractivity contribution in [3.8, 4) is 5.75 Å². The molecular formula is C32H25NO2. The highest BCUT2D eigenvalue weighted by Gasteiger charge is 2.23. The van der Waals surface area contributed by atoms with E-state index in [1.54, 1.807) is 18.2 Å². The van der Waals surface area contributed by atoms with Crippen molar-refractivity contribution in [2.75, 3.05) is 0 Å². The molecule has 1 atom stereocenters. The molecule has 0 saturated carbocycles. The van der Waals surface area contributed by atoms with Gasteiger partial charge in [-0.2, -0.15) is 0 Å². The molecule has 5 aromatic carbocycles. The Morgan fingerprint density at radius 1 is 0.657 bits per heavy atom. The van der Waals surface area contributed by atoms with Crippen molar-refractivity contribution in [1.82, 2.24) is 5.32 Å². The zero-order valence-corrected chi connectivity index (χ0v) is 19.1. The number of carbonyl (C=O) groups excluding carboxylic acids is 1. The third-order valence-corrected chi connectivity index (χ3v) is 6.09. The summed E-state index contributed by atoms with van der Waals surface area (Å²) in [7, 11) is 0. The van der Waals surface area contributed by atoms with Gasteiger partial charge >= 0.3 is 0 Å². The Hall–Kier alpha value is -4.63. The smallest absolute Gasteiger partial charge is 0.252 e. The molecule has 0 aromatic heterocycles. The van der Waals surface area contributed by atoms with Gasteiger partial charge in [0.25, 0.3) is 5.91 Å². The van der Waals surface area contributed by atoms with Crippen molar-refractivity contribution in [3.63, 3.8) is 0 Å². The van der Waals surface area contributed by atoms with E-state index in [-0.39, 0.29) is 11.7 Å². The molecule has 0 spiro atoms. The number of rotatable bonds is 6. The van der Waals surface area contributed by atoms with Crippen LogP contribution in [0.5, 0.6) is 5.75 Å². The quantitative estimate of drug-likeness (QED) is 0.265. The van der Waals surface area contributed by atoms with Crippen LogP contribution >= 0.6 is 0 Å². The summed E-state index contributed by atoms with van der Waals surface area (Å²) in [6.45, 7) is 0. The number of benzene rings is 5. The number of hydrogen-bond acceptors (Lipinski definition) is 2. The van der Waals surface area contributed by atoms with Crippen LogP contribution in [0.25, 0.3) is 22.9 Å². The van der Waals surface area contributed by atoms with E-state index in [1.807, 2.05) is 91.0 Å². The molecule has 0 saturated heterocycles. The van der Waals surface area contributed by atoms with Crippen LogP contribution in [0.1, 0.15) is 38.7 Å². The maximum atomic E-state index is 13.2. The average Bonchev–Trinajstić information content (AvgIpc) is 2.92. The largest absolute Gasteiger partial charge is 0.508 e. The molecule has 1 unspecified atom stereocenters. The zero-order chi connectivity index (χ0) is 24.0. The first-order chi connectivity index (χ1) is 17.2. The average molecular weight is 456 g/mol. The van der Waals surface area contributed by atoms with Crippen molar-refractivity contribution in [2.24, 2.45) is 0 Å². The summed E-state index contributed by atoms with van der Waals surface area (Å²) in [5, 5.41) is 16.0. The molecular weight excluding hydrogens is 430 g/mol. The fourth-order valence-electron chi connectivity index (χ4n) is 4.27. The molecule has 0 heterocycles. The lowest BCUT2D eigenvalue weighted by atomic mass is 9.92. The Labute approximate surface area is 205 Å². The van der Waals surface area contributed by atoms with Crippen molar-refractivity contribution in [1.29, 1.82) is 0 Å². The van der Waals surface area contributed by atoms with Gasteiger partial charge in [-0.15, -0.1) is 0 Å². The standard InChI is InChI=1S/C32H25NO2/c34-29-22-21-25-11-7-8-14-28(25)30(29)31(33-32(35)27-12-5-2-6-13-27)26-19-17-24(18-20-26)16-15-23-9-3-1-4-10-23/h1-22,31,34H,(H,33,35)/b16-15+. The first kappa shape index (κ1) is 22.2. The van der Waals surface area contributed by atoms with Crippen LogP contribution in [-0.4, -0.2) is 11.0 Å². The molecule has 0 aliphatic carbocycles. The second-order valence-corrected chi connectivity index (χ2v) is 8.40. The molecule has 2 N–H and O–H groups in total. The van der Waals surface area contributed by atoms with E-state index < -0.39 is 6.04 Å². The van der Waals surface area contributed by atoms with Gasteiger partial charge in [-0.3, -0.25) is 4.79 Å². The van der Waals surface area contributed by atoms with Gasteiger partial charge in [0.05, 0.1) is 6.04 Å². The van der Waals surface area contributed by atoms with Crippen molar-refractivity contribution >= 4 is 28.8 Å². The number of phenolic OH excluding ortho intramolecular Hbond substituents is 1. The lowest BCUT2D eigenvalue weighted by molar-refractivity contribution is 0.0943. The van der Waals surface area contributed by atoms with E-state index in [2.05, 4.69) is 29.6 Å². The van der Waals surface area contributed by atoms with E-state index in [1.165, 1.54) is 0 Å². The highest BCUT2D eigenvalue weighted by atomic mass is 16.3. The molecule has 35 heavy (non-hydrogen) atoms. The van der Waals surface area contributed by atoms with E-state index in [9.17, 15) is 9.90 Å². The molecule has 0 aliphatic heterocycles. The Bertz CT molecular complexity index is 1470. The van der Waals surface area contributed by atoms with Crippen LogP contribution in [0.2, 0.25) is 0 Å². The number of hydrogen-bond donors (Lipinski definition) is 2. The number of amides is 1. The molecule has 3 nitrogen and oxygen atoms in total. The summed E-state index contributed by atoms with van der Waals surface area (Å²) in [6.07, 6.45) is 4.13. The van der Waals surface area contributed by atoms with Crippen LogP contribution in [0.15, 0.2) is 121 Å². The Morgan fingerprint density at radius 2 is 1.26 bits per heavy atom. The second-order valence-electron chi connectivity index (χ2n) is 8.40. The molecule has 0 bridgehead atoms. The van der Waals surface area contributed by atoms with E-state index in [0.717, 1.165) is 27.5 Å². The Kier molecular flexibility index (Phi) is 6.40. The minimum Gasteiger partial charge on any atom is -0.508 e. The van der Waals surface area contributed by atoms with Crippen molar-refractivity contribution < 1.29 is 9.90 Å². The summed E-state index contributed by atoms with van der Waals surface area (Å²) < 4.78 is 0. The van der Waals surface area contributed by atoms with Gasteiger partial charge < -0.3 is 10.4 Å². The van der Waals surface area contributed by atoms with Crippen molar-refractivity contribution in [2.45, 2.75) is 6.04 Å². The van der Waals surface area contributed by atoms with Crippen LogP contribution in [0, 0.1) is 0 Å². The summed E-state index contributed by atoms with van der Waals surface area (Å²) >= 11 is 0. The first-order valence-corrected chi connectivity index (χ1v) is 11.6. The lowest BCUT2D eigenvalue weighted by Crippen LogP contribution is -2.29. The number of aromatic hydroxyl groups is 1. The number of phenols is 1. The highest BCUT2D eigenvalue weighted by Crippen LogP contribution is 2.36. The maximum Gasteiger partial charge on any atom is 0.252 e. The Balaban J connectivity index is 1.54. The molecule has 5 rings (SSSR count). The van der Waals surface area contributed by atoms with Gasteiger partial charge in [0, 0.05) is 11.1 Å². The number of nitrogens with one attached hydrogen (secondary N) is 1. The first-order valence-electron chi connectivity index (χ1n) is 11.6. The van der Waals surface area contributed by atoms with Crippen LogP contribution in [0.3, 0.4) is 0 Å². The van der Waals surface area contributed by atoms with Gasteiger partial charge in [-0.1, -0.05) is 115 Å². The predicted octanol–water partition coefficient (Wildman–Crippen LogP) is 7.24. The van der Waals surface area contributed by atoms with Gasteiger partial charge in [0.2, 0.25) is 0 Å². The molecule has 170 valence electrons. The van der Waals surface area contributed by atoms with Crippen LogP contribution in [-0.2, 0) is 0 Å². The maximum absolute atomic E-state index is 13.2. The normalized spacial score (nSPS) is 12.0. The summed E-state index contributed by atoms with van der Waals surface area (Å²) in [5.41, 5.74) is 4.32. The fourth-order valence-corrected chi connectivity index (χ4v) is 4.27. The van der Waals surface area contributed by atoms with Crippen LogP contribution in [0.4, 0.5) is 0 Å². The number of carbonyl (C=O) groups is 1. The van der Waals surface area contributed by atoms with Crippen molar-refractivity contribution in [3.05, 3.63) is 149 Å². The summed E-state index contributed by atoms with van der Waals surface area (Å²) in [4.78, 5) is 13.2. The SMILES string of the molecule is O=C(NC(c1ccc(/C=C/c2ccccc2)cc1)c1c(O)ccc2ccccc12)c1ccccc1. The predicted molar refractivity (Wildman–Crippen MR) is 143 cm³/mol. The van der Waals surface area contributed by atoms with Gasteiger partial charge in [0.1, 0.15) is 5.75 Å². The lowest BCUT2D eigenvalue weighted by Gasteiger charge is -2.23. The van der Waals surface area contributed by atoms with E-state index >= 15 is 0 Å². The third kappa shape index (κ3) is 4.99. The van der Waals surface area contributed by atoms with E-state index in [4.69, 9.17) is 0 Å². The van der Waals surface area contributed by atoms with Crippen LogP contribution < -0.4 is 5.32 Å². The fraction of sp³-hybridized carbons (Fsp3) is 0.0312. The third-order valence-electron chi connectivity index (χ3n) is 6.09. The highest BCUT2D eigenvalue weighted by molar-refractivity contribution is 5.96. The van der Waals surface area contributed by atoms with Gasteiger partial charge in [-0.05, 0) is 45.7 Å². The molecule has 1 amide bonds. The van der Waals surface area contributed by atoms with E-state index in [0.29, 0.717) is 11.1 Å². The topological polar surface area (TPSA) is 49.3 Å². The minimum atomic E-state index is -0.527. The summed E-state index contributed by atoms with van der Waals surface area (Å²) in [5.74, 6) is -0.0499. The van der Waals surface area contributed by atoms with Gasteiger partial charge in [-0.25, -0.2) is 0 Å². The Morgan fingerprint density at radius 3 is 1.97 bits per heavy atom. The number of fused-ring (bicyclic) bond motifs is 1. The second kappa shape index (κ2) is 10.1.